The van der Waals surface area contributed by atoms with Crippen LogP contribution in [-0.4, -0.2) is 55.4 Å². The monoisotopic (exact) mass is 339 g/mol. The summed E-state index contributed by atoms with van der Waals surface area (Å²) in [5.41, 5.74) is 3.00. The molecule has 1 aromatic carbocycles. The van der Waals surface area contributed by atoms with E-state index in [0.29, 0.717) is 6.61 Å². The number of carbonyl (C=O) groups excluding carboxylic acids is 1. The van der Waals surface area contributed by atoms with Gasteiger partial charge in [-0.05, 0) is 61.5 Å². The van der Waals surface area contributed by atoms with Crippen molar-refractivity contribution in [1.82, 2.24) is 4.98 Å². The van der Waals surface area contributed by atoms with Gasteiger partial charge in [0.2, 0.25) is 0 Å². The molecule has 5 heteroatoms. The number of aromatic nitrogens is 1. The lowest BCUT2D eigenvalue weighted by molar-refractivity contribution is -0.142. The van der Waals surface area contributed by atoms with Gasteiger partial charge < -0.3 is 14.5 Å². The second-order valence-electron chi connectivity index (χ2n) is 8.21. The Bertz CT molecular complexity index is 716. The maximum absolute atomic E-state index is 12.2. The van der Waals surface area contributed by atoms with Gasteiger partial charge in [-0.25, -0.2) is 0 Å². The molecule has 1 aromatic heterocycles. The Morgan fingerprint density at radius 1 is 1.22 bits per heavy atom. The van der Waals surface area contributed by atoms with E-state index >= 15 is 0 Å². The van der Waals surface area contributed by atoms with Gasteiger partial charge in [-0.2, -0.15) is 0 Å². The van der Waals surface area contributed by atoms with Crippen LogP contribution in [0.3, 0.4) is 0 Å². The van der Waals surface area contributed by atoms with E-state index in [1.807, 2.05) is 25.1 Å². The second-order valence-corrected chi connectivity index (χ2v) is 16.6. The number of H-pyrrole nitrogens is 1. The highest BCUT2D eigenvalue weighted by Crippen LogP contribution is 2.54. The van der Waals surface area contributed by atoms with Crippen LogP contribution < -0.4 is 4.74 Å². The quantitative estimate of drug-likeness (QED) is 0.628. The fourth-order valence-electron chi connectivity index (χ4n) is 2.44. The van der Waals surface area contributed by atoms with Gasteiger partial charge in [-0.15, -0.1) is 0 Å². The molecule has 0 aliphatic carbocycles. The maximum Gasteiger partial charge on any atom is 0.310 e. The third kappa shape index (κ3) is 4.93. The Hall–Kier alpha value is -1.62. The number of benzene rings is 1. The molecule has 0 spiro atoms. The molecule has 130 valence electrons. The molecule has 0 saturated carbocycles. The van der Waals surface area contributed by atoms with Crippen molar-refractivity contribution in [2.45, 2.75) is 13.3 Å². The summed E-state index contributed by atoms with van der Waals surface area (Å²) in [7, 11) is 0.0147. The number of carbonyl (C=O) groups is 1. The van der Waals surface area contributed by atoms with Crippen LogP contribution in [0.1, 0.15) is 11.3 Å². The third-order valence-electron chi connectivity index (χ3n) is 3.90. The molecule has 0 radical (unpaired) electrons. The van der Waals surface area contributed by atoms with Crippen molar-refractivity contribution in [2.24, 2.45) is 0 Å². The Morgan fingerprint density at radius 2 is 1.91 bits per heavy atom. The van der Waals surface area contributed by atoms with Crippen molar-refractivity contribution in [2.75, 3.05) is 44.5 Å². The first-order valence-corrected chi connectivity index (χ1v) is 12.1. The standard InChI is InChI=1S/C18H29NO3S/c1-13-15(12-18(20)22-9-10-23(3,4,5)6)16-11-14(21-2)7-8-17(16)19-13/h7-8,11,19,23H,9-10,12H2,1-6H3. The van der Waals surface area contributed by atoms with Crippen molar-refractivity contribution in [3.05, 3.63) is 29.5 Å². The number of methoxy groups -OCH3 is 1. The van der Waals surface area contributed by atoms with E-state index in [-0.39, 0.29) is 12.4 Å². The summed E-state index contributed by atoms with van der Waals surface area (Å²) < 4.78 is 10.7. The summed E-state index contributed by atoms with van der Waals surface area (Å²) in [5.74, 6) is 1.58. The minimum atomic E-state index is -1.63. The van der Waals surface area contributed by atoms with Crippen LogP contribution in [0.5, 0.6) is 5.75 Å². The molecule has 23 heavy (non-hydrogen) atoms. The normalized spacial score (nSPS) is 13.6. The van der Waals surface area contributed by atoms with E-state index in [0.717, 1.165) is 33.7 Å². The predicted octanol–water partition coefficient (Wildman–Crippen LogP) is 3.16. The maximum atomic E-state index is 12.2. The summed E-state index contributed by atoms with van der Waals surface area (Å²) in [4.78, 5) is 15.5. The van der Waals surface area contributed by atoms with Gasteiger partial charge in [-0.3, -0.25) is 14.0 Å². The largest absolute Gasteiger partial charge is 0.497 e. The van der Waals surface area contributed by atoms with Crippen molar-refractivity contribution in [3.63, 3.8) is 0 Å². The summed E-state index contributed by atoms with van der Waals surface area (Å²) >= 11 is 0. The number of hydrogen-bond acceptors (Lipinski definition) is 3. The van der Waals surface area contributed by atoms with Crippen LogP contribution in [0.2, 0.25) is 0 Å². The SMILES string of the molecule is COc1ccc2[nH]c(C)c(CC(=O)OCC[SH](C)(C)(C)C)c2c1. The zero-order chi connectivity index (χ0) is 17.3. The van der Waals surface area contributed by atoms with Crippen molar-refractivity contribution >= 4 is 26.0 Å². The molecule has 0 saturated heterocycles. The van der Waals surface area contributed by atoms with E-state index in [2.05, 4.69) is 30.0 Å². The van der Waals surface area contributed by atoms with Crippen LogP contribution in [0.25, 0.3) is 10.9 Å². The Morgan fingerprint density at radius 3 is 2.52 bits per heavy atom. The van der Waals surface area contributed by atoms with Gasteiger partial charge in [-0.1, -0.05) is 0 Å². The molecule has 0 fully saturated rings. The van der Waals surface area contributed by atoms with E-state index in [9.17, 15) is 4.79 Å². The lowest BCUT2D eigenvalue weighted by Gasteiger charge is -2.46. The summed E-state index contributed by atoms with van der Waals surface area (Å²) in [6, 6.07) is 5.85. The molecule has 0 unspecified atom stereocenters. The minimum absolute atomic E-state index is 0.169. The van der Waals surface area contributed by atoms with Crippen LogP contribution in [0.4, 0.5) is 0 Å². The van der Waals surface area contributed by atoms with Crippen LogP contribution in [-0.2, 0) is 16.0 Å². The van der Waals surface area contributed by atoms with Gasteiger partial charge >= 0.3 is 5.97 Å². The molecular weight excluding hydrogens is 310 g/mol. The highest BCUT2D eigenvalue weighted by atomic mass is 32.3. The third-order valence-corrected chi connectivity index (χ3v) is 5.87. The molecule has 1 N–H and O–H groups in total. The first-order chi connectivity index (χ1) is 10.5. The Labute approximate surface area is 138 Å². The van der Waals surface area contributed by atoms with Crippen molar-refractivity contribution < 1.29 is 14.3 Å². The number of fused-ring (bicyclic) bond motifs is 1. The molecule has 4 nitrogen and oxygen atoms in total. The molecule has 2 aromatic rings. The van der Waals surface area contributed by atoms with Gasteiger partial charge in [0.1, 0.15) is 5.75 Å². The number of aryl methyl sites for hydroxylation is 1. The van der Waals surface area contributed by atoms with E-state index in [1.54, 1.807) is 7.11 Å². The molecule has 0 amide bonds. The number of esters is 1. The van der Waals surface area contributed by atoms with Crippen molar-refractivity contribution in [1.29, 1.82) is 0 Å². The Balaban J connectivity index is 2.09. The average molecular weight is 340 g/mol. The van der Waals surface area contributed by atoms with Crippen LogP contribution in [0, 0.1) is 6.92 Å². The van der Waals surface area contributed by atoms with Gasteiger partial charge in [0, 0.05) is 16.6 Å². The second kappa shape index (κ2) is 6.11. The lowest BCUT2D eigenvalue weighted by atomic mass is 10.1. The molecule has 0 atom stereocenters. The summed E-state index contributed by atoms with van der Waals surface area (Å²) in [5, 5.41) is 1.02. The predicted molar refractivity (Wildman–Crippen MR) is 102 cm³/mol. The zero-order valence-corrected chi connectivity index (χ0v) is 15.9. The van der Waals surface area contributed by atoms with E-state index in [1.165, 1.54) is 0 Å². The Kier molecular flexibility index (Phi) is 4.71. The smallest absolute Gasteiger partial charge is 0.310 e. The molecule has 0 bridgehead atoms. The number of ether oxygens (including phenoxy) is 2. The molecule has 2 rings (SSSR count). The van der Waals surface area contributed by atoms with E-state index < -0.39 is 9.16 Å². The van der Waals surface area contributed by atoms with Gasteiger partial charge in [0.15, 0.2) is 0 Å². The summed E-state index contributed by atoms with van der Waals surface area (Å²) in [6.07, 6.45) is 9.44. The highest BCUT2D eigenvalue weighted by Gasteiger charge is 2.20. The molecule has 0 aliphatic rings. The topological polar surface area (TPSA) is 51.3 Å². The highest BCUT2D eigenvalue weighted by molar-refractivity contribution is 8.47. The average Bonchev–Trinajstić information content (AvgIpc) is 2.72. The lowest BCUT2D eigenvalue weighted by Crippen LogP contribution is -2.21. The number of rotatable bonds is 6. The van der Waals surface area contributed by atoms with Gasteiger partial charge in [0.25, 0.3) is 0 Å². The van der Waals surface area contributed by atoms with Crippen LogP contribution in [0.15, 0.2) is 18.2 Å². The molecule has 0 aliphatic heterocycles. The van der Waals surface area contributed by atoms with Crippen LogP contribution >= 0.6 is 9.16 Å². The van der Waals surface area contributed by atoms with Gasteiger partial charge in [0.05, 0.1) is 20.1 Å². The number of nitrogens with one attached hydrogen (secondary N) is 1. The van der Waals surface area contributed by atoms with Crippen molar-refractivity contribution in [3.8, 4) is 5.75 Å². The number of aromatic amines is 1. The molecular formula is C18H29NO3S. The minimum Gasteiger partial charge on any atom is -0.497 e. The fourth-order valence-corrected chi connectivity index (χ4v) is 3.26. The number of thiol groups is 1. The summed E-state index contributed by atoms with van der Waals surface area (Å²) in [6.45, 7) is 2.49. The van der Waals surface area contributed by atoms with E-state index in [4.69, 9.17) is 9.47 Å². The zero-order valence-electron chi connectivity index (χ0n) is 15.0. The first kappa shape index (κ1) is 17.7. The first-order valence-electron chi connectivity index (χ1n) is 7.86. The fraction of sp³-hybridized carbons (Fsp3) is 0.500. The molecule has 1 heterocycles. The number of hydrogen-bond donors (Lipinski definition) is 2.